The number of aromatic nitrogens is 2. The molecular formula is C18H22F2N4O3. The second-order valence-electron chi connectivity index (χ2n) is 6.74. The average molecular weight is 380 g/mol. The number of rotatable bonds is 6. The van der Waals surface area contributed by atoms with Crippen LogP contribution in [-0.4, -0.2) is 33.7 Å². The third-order valence-electron chi connectivity index (χ3n) is 3.39. The molecule has 0 radical (unpaired) electrons. The number of nitrogens with one attached hydrogen (secondary N) is 2. The molecule has 1 aromatic carbocycles. The maximum Gasteiger partial charge on any atom is 0.412 e. The molecule has 2 rings (SSSR count). The largest absolute Gasteiger partial charge is 0.444 e. The highest BCUT2D eigenvalue weighted by Gasteiger charge is 2.16. The van der Waals surface area contributed by atoms with Crippen molar-refractivity contribution in [2.45, 2.75) is 39.3 Å². The highest BCUT2D eigenvalue weighted by atomic mass is 19.3. The molecule has 0 aliphatic heterocycles. The molecule has 0 aliphatic carbocycles. The zero-order valence-corrected chi connectivity index (χ0v) is 15.3. The van der Waals surface area contributed by atoms with Gasteiger partial charge in [-0.1, -0.05) is 0 Å². The minimum Gasteiger partial charge on any atom is -0.444 e. The Balaban J connectivity index is 1.84. The minimum atomic E-state index is -2.66. The first-order valence-corrected chi connectivity index (χ1v) is 8.34. The monoisotopic (exact) mass is 380 g/mol. The van der Waals surface area contributed by atoms with E-state index >= 15 is 0 Å². The molecule has 2 aromatic rings. The first kappa shape index (κ1) is 20.3. The first-order chi connectivity index (χ1) is 12.7. The number of hydrogen-bond donors (Lipinski definition) is 2. The van der Waals surface area contributed by atoms with Gasteiger partial charge in [-0.3, -0.25) is 14.7 Å². The summed E-state index contributed by atoms with van der Waals surface area (Å²) in [6.45, 7) is 2.78. The maximum atomic E-state index is 12.7. The van der Waals surface area contributed by atoms with Crippen LogP contribution in [0.2, 0.25) is 0 Å². The molecule has 1 heterocycles. The number of benzene rings is 1. The van der Waals surface area contributed by atoms with Crippen LogP contribution in [0.1, 0.15) is 43.5 Å². The van der Waals surface area contributed by atoms with E-state index in [1.807, 2.05) is 0 Å². The molecule has 2 amide bonds. The Kier molecular flexibility index (Phi) is 6.49. The number of anilines is 1. The first-order valence-electron chi connectivity index (χ1n) is 8.34. The predicted octanol–water partition coefficient (Wildman–Crippen LogP) is 3.60. The molecule has 0 aliphatic rings. The topological polar surface area (TPSA) is 85.2 Å². The molecule has 0 spiro atoms. The summed E-state index contributed by atoms with van der Waals surface area (Å²) >= 11 is 0. The Morgan fingerprint density at radius 3 is 2.48 bits per heavy atom. The van der Waals surface area contributed by atoms with Gasteiger partial charge in [0.05, 0.1) is 0 Å². The van der Waals surface area contributed by atoms with Crippen LogP contribution in [0.25, 0.3) is 0 Å². The smallest absolute Gasteiger partial charge is 0.412 e. The summed E-state index contributed by atoms with van der Waals surface area (Å²) in [5.74, 6) is -0.156. The van der Waals surface area contributed by atoms with Gasteiger partial charge in [0.1, 0.15) is 11.4 Å². The minimum absolute atomic E-state index is 0.167. The van der Waals surface area contributed by atoms with E-state index in [9.17, 15) is 18.4 Å². The molecule has 0 atom stereocenters. The van der Waals surface area contributed by atoms with E-state index in [2.05, 4.69) is 15.6 Å². The summed E-state index contributed by atoms with van der Waals surface area (Å²) in [4.78, 5) is 27.7. The van der Waals surface area contributed by atoms with Crippen molar-refractivity contribution in [1.29, 1.82) is 0 Å². The molecule has 1 aromatic heterocycles. The summed E-state index contributed by atoms with van der Waals surface area (Å²) in [5, 5.41) is 5.21. The van der Waals surface area contributed by atoms with E-state index in [-0.39, 0.29) is 24.7 Å². The van der Waals surface area contributed by atoms with Crippen LogP contribution in [-0.2, 0) is 11.2 Å². The lowest BCUT2D eigenvalue weighted by molar-refractivity contribution is 0.0634. The molecule has 0 bridgehead atoms. The lowest BCUT2D eigenvalue weighted by Gasteiger charge is -2.19. The molecule has 9 heteroatoms. The van der Waals surface area contributed by atoms with Gasteiger partial charge in [-0.25, -0.2) is 9.78 Å². The van der Waals surface area contributed by atoms with Gasteiger partial charge >= 0.3 is 12.6 Å². The van der Waals surface area contributed by atoms with Gasteiger partial charge in [0.15, 0.2) is 0 Å². The van der Waals surface area contributed by atoms with Gasteiger partial charge in [-0.15, -0.1) is 0 Å². The number of nitrogens with zero attached hydrogens (tertiary/aromatic N) is 2. The average Bonchev–Trinajstić information content (AvgIpc) is 3.02. The highest BCUT2D eigenvalue weighted by molar-refractivity contribution is 5.95. The van der Waals surface area contributed by atoms with E-state index in [4.69, 9.17) is 4.74 Å². The Bertz CT molecular complexity index is 783. The Labute approximate surface area is 155 Å². The zero-order valence-electron chi connectivity index (χ0n) is 15.3. The zero-order chi connectivity index (χ0) is 20.0. The number of halogens is 2. The van der Waals surface area contributed by atoms with Gasteiger partial charge < -0.3 is 10.1 Å². The molecule has 2 N–H and O–H groups in total. The summed E-state index contributed by atoms with van der Waals surface area (Å²) < 4.78 is 31.4. The van der Waals surface area contributed by atoms with E-state index in [1.54, 1.807) is 45.0 Å². The molecule has 0 saturated carbocycles. The quantitative estimate of drug-likeness (QED) is 0.802. The fraction of sp³-hybridized carbons (Fsp3) is 0.389. The number of carbonyl (C=O) groups is 2. The number of amides is 2. The lowest BCUT2D eigenvalue weighted by Crippen LogP contribution is -2.27. The van der Waals surface area contributed by atoms with Gasteiger partial charge in [0.25, 0.3) is 5.91 Å². The second-order valence-corrected chi connectivity index (χ2v) is 6.74. The summed E-state index contributed by atoms with van der Waals surface area (Å²) in [6.07, 6.45) is 2.08. The van der Waals surface area contributed by atoms with Crippen molar-refractivity contribution in [2.24, 2.45) is 0 Å². The summed E-state index contributed by atoms with van der Waals surface area (Å²) in [7, 11) is 0. The molecule has 146 valence electrons. The SMILES string of the molecule is CC(C)(C)OC(=O)Nc1ccc(C(=O)NCCc2nccn2C(F)F)cc1. The van der Waals surface area contributed by atoms with Crippen LogP contribution in [0, 0.1) is 0 Å². The van der Waals surface area contributed by atoms with Crippen LogP contribution in [0.3, 0.4) is 0 Å². The normalized spacial score (nSPS) is 11.3. The molecule has 0 saturated heterocycles. The van der Waals surface area contributed by atoms with Crippen molar-refractivity contribution in [1.82, 2.24) is 14.9 Å². The fourth-order valence-electron chi connectivity index (χ4n) is 2.23. The van der Waals surface area contributed by atoms with E-state index in [1.165, 1.54) is 12.4 Å². The molecule has 7 nitrogen and oxygen atoms in total. The number of hydrogen-bond acceptors (Lipinski definition) is 4. The van der Waals surface area contributed by atoms with E-state index < -0.39 is 18.2 Å². The molecule has 27 heavy (non-hydrogen) atoms. The Hall–Kier alpha value is -2.97. The number of ether oxygens (including phenoxy) is 1. The van der Waals surface area contributed by atoms with E-state index in [0.29, 0.717) is 11.3 Å². The van der Waals surface area contributed by atoms with Gasteiger partial charge in [-0.05, 0) is 45.0 Å². The predicted molar refractivity (Wildman–Crippen MR) is 95.8 cm³/mol. The maximum absolute atomic E-state index is 12.7. The Morgan fingerprint density at radius 2 is 1.89 bits per heavy atom. The molecular weight excluding hydrogens is 358 g/mol. The molecule has 0 fully saturated rings. The highest BCUT2D eigenvalue weighted by Crippen LogP contribution is 2.14. The van der Waals surface area contributed by atoms with Crippen molar-refractivity contribution < 1.29 is 23.1 Å². The van der Waals surface area contributed by atoms with E-state index in [0.717, 1.165) is 4.57 Å². The van der Waals surface area contributed by atoms with Crippen LogP contribution in [0.5, 0.6) is 0 Å². The number of carbonyl (C=O) groups excluding carboxylic acids is 2. The third kappa shape index (κ3) is 6.36. The van der Waals surface area contributed by atoms with Gasteiger partial charge in [0.2, 0.25) is 0 Å². The van der Waals surface area contributed by atoms with Gasteiger partial charge in [-0.2, -0.15) is 8.78 Å². The standard InChI is InChI=1S/C18H22F2N4O3/c1-18(2,3)27-17(26)23-13-6-4-12(5-7-13)15(25)22-9-8-14-21-10-11-24(14)16(19)20/h4-7,10-11,16H,8-9H2,1-3H3,(H,22,25)(H,23,26). The van der Waals surface area contributed by atoms with Crippen molar-refractivity contribution in [3.8, 4) is 0 Å². The third-order valence-corrected chi connectivity index (χ3v) is 3.39. The fourth-order valence-corrected chi connectivity index (χ4v) is 2.23. The van der Waals surface area contributed by atoms with Crippen molar-refractivity contribution in [3.63, 3.8) is 0 Å². The van der Waals surface area contributed by atoms with Gasteiger partial charge in [0, 0.05) is 36.6 Å². The van der Waals surface area contributed by atoms with Crippen LogP contribution in [0.4, 0.5) is 19.3 Å². The molecule has 0 unspecified atom stereocenters. The van der Waals surface area contributed by atoms with Crippen LogP contribution < -0.4 is 10.6 Å². The van der Waals surface area contributed by atoms with Crippen molar-refractivity contribution in [2.75, 3.05) is 11.9 Å². The second kappa shape index (κ2) is 8.61. The van der Waals surface area contributed by atoms with Crippen molar-refractivity contribution in [3.05, 3.63) is 48.0 Å². The summed E-state index contributed by atoms with van der Waals surface area (Å²) in [5.41, 5.74) is 0.254. The summed E-state index contributed by atoms with van der Waals surface area (Å²) in [6, 6.07) is 6.23. The number of imidazole rings is 1. The van der Waals surface area contributed by atoms with Crippen molar-refractivity contribution >= 4 is 17.7 Å². The van der Waals surface area contributed by atoms with Crippen LogP contribution in [0.15, 0.2) is 36.7 Å². The number of alkyl halides is 2. The Morgan fingerprint density at radius 1 is 1.22 bits per heavy atom. The lowest BCUT2D eigenvalue weighted by atomic mass is 10.2. The van der Waals surface area contributed by atoms with Crippen LogP contribution >= 0.6 is 0 Å².